The molecule has 0 amide bonds. The van der Waals surface area contributed by atoms with Gasteiger partial charge < -0.3 is 5.11 Å². The number of nitrogens with zero attached hydrogens (tertiary/aromatic N) is 1. The average Bonchev–Trinajstić information content (AvgIpc) is 2.80. The fraction of sp³-hybridized carbons (Fsp3) is 0.0556. The molecule has 0 saturated heterocycles. The van der Waals surface area contributed by atoms with Gasteiger partial charge in [-0.25, -0.2) is 0 Å². The van der Waals surface area contributed by atoms with Crippen LogP contribution < -0.4 is 0 Å². The van der Waals surface area contributed by atoms with Crippen molar-refractivity contribution in [2.45, 2.75) is 5.60 Å². The maximum atomic E-state index is 11.4. The average molecular weight is 296 g/mol. The van der Waals surface area contributed by atoms with Gasteiger partial charge in [-0.3, -0.25) is 4.98 Å². The molecule has 3 aromatic rings. The highest BCUT2D eigenvalue weighted by atomic mass is 35.5. The number of pyridine rings is 1. The van der Waals surface area contributed by atoms with Gasteiger partial charge in [0.15, 0.2) is 0 Å². The Morgan fingerprint density at radius 1 is 0.762 bits per heavy atom. The molecule has 104 valence electrons. The van der Waals surface area contributed by atoms with Gasteiger partial charge in [0, 0.05) is 29.1 Å². The molecule has 0 aliphatic heterocycles. The summed E-state index contributed by atoms with van der Waals surface area (Å²) in [6.45, 7) is 0. The Balaban J connectivity index is 0.00000132. The van der Waals surface area contributed by atoms with E-state index in [9.17, 15) is 5.11 Å². The summed E-state index contributed by atoms with van der Waals surface area (Å²) in [6.07, 6.45) is 3.46. The summed E-state index contributed by atoms with van der Waals surface area (Å²) in [5.74, 6) is 0. The van der Waals surface area contributed by atoms with Crippen LogP contribution in [0.3, 0.4) is 0 Å². The second kappa shape index (κ2) is 4.99. The summed E-state index contributed by atoms with van der Waals surface area (Å²) in [5, 5.41) is 11.4. The molecule has 0 bridgehead atoms. The molecule has 1 N–H and O–H groups in total. The standard InChI is InChI=1S/C18H13NO.ClH/c20-18(13-6-5-11-19-12-13)16-9-3-1-7-14(16)15-8-2-4-10-17(15)18;/h1-12,20H;1H. The summed E-state index contributed by atoms with van der Waals surface area (Å²) in [5.41, 5.74) is 3.73. The van der Waals surface area contributed by atoms with Crippen molar-refractivity contribution >= 4 is 12.4 Å². The number of aliphatic hydroxyl groups is 1. The number of benzene rings is 2. The van der Waals surface area contributed by atoms with Gasteiger partial charge in [-0.1, -0.05) is 54.6 Å². The molecule has 0 atom stereocenters. The third-order valence-electron chi connectivity index (χ3n) is 4.00. The molecule has 1 aliphatic carbocycles. The van der Waals surface area contributed by atoms with Gasteiger partial charge in [-0.15, -0.1) is 12.4 Å². The molecule has 0 saturated carbocycles. The van der Waals surface area contributed by atoms with Gasteiger partial charge >= 0.3 is 0 Å². The molecule has 2 nitrogen and oxygen atoms in total. The van der Waals surface area contributed by atoms with E-state index in [-0.39, 0.29) is 12.4 Å². The van der Waals surface area contributed by atoms with Crippen LogP contribution in [0.5, 0.6) is 0 Å². The van der Waals surface area contributed by atoms with Crippen LogP contribution in [0, 0.1) is 0 Å². The van der Waals surface area contributed by atoms with Crippen molar-refractivity contribution < 1.29 is 5.11 Å². The van der Waals surface area contributed by atoms with E-state index in [1.807, 2.05) is 48.5 Å². The quantitative estimate of drug-likeness (QED) is 0.741. The normalized spacial score (nSPS) is 14.0. The lowest BCUT2D eigenvalue weighted by molar-refractivity contribution is 0.130. The summed E-state index contributed by atoms with van der Waals surface area (Å²) in [7, 11) is 0. The predicted molar refractivity (Wildman–Crippen MR) is 85.5 cm³/mol. The van der Waals surface area contributed by atoms with Crippen molar-refractivity contribution in [1.29, 1.82) is 0 Å². The van der Waals surface area contributed by atoms with Crippen LogP contribution in [0.2, 0.25) is 0 Å². The number of rotatable bonds is 1. The summed E-state index contributed by atoms with van der Waals surface area (Å²) >= 11 is 0. The molecular weight excluding hydrogens is 282 g/mol. The zero-order valence-electron chi connectivity index (χ0n) is 11.2. The Kier molecular flexibility index (Phi) is 3.28. The maximum absolute atomic E-state index is 11.4. The van der Waals surface area contributed by atoms with Crippen molar-refractivity contribution in [2.75, 3.05) is 0 Å². The molecule has 21 heavy (non-hydrogen) atoms. The van der Waals surface area contributed by atoms with E-state index < -0.39 is 5.60 Å². The number of fused-ring (bicyclic) bond motifs is 3. The third-order valence-corrected chi connectivity index (χ3v) is 4.00. The van der Waals surface area contributed by atoms with Crippen LogP contribution in [-0.4, -0.2) is 10.1 Å². The lowest BCUT2D eigenvalue weighted by Gasteiger charge is -2.25. The van der Waals surface area contributed by atoms with E-state index in [2.05, 4.69) is 17.1 Å². The van der Waals surface area contributed by atoms with Crippen molar-refractivity contribution in [2.24, 2.45) is 0 Å². The van der Waals surface area contributed by atoms with Gasteiger partial charge in [-0.2, -0.15) is 0 Å². The fourth-order valence-corrected chi connectivity index (χ4v) is 3.10. The molecule has 0 radical (unpaired) electrons. The van der Waals surface area contributed by atoms with Crippen molar-refractivity contribution in [3.63, 3.8) is 0 Å². The van der Waals surface area contributed by atoms with E-state index in [1.54, 1.807) is 12.4 Å². The molecule has 3 heteroatoms. The number of hydrogen-bond acceptors (Lipinski definition) is 2. The highest BCUT2D eigenvalue weighted by molar-refractivity contribution is 5.85. The van der Waals surface area contributed by atoms with Crippen LogP contribution in [0.4, 0.5) is 0 Å². The molecule has 1 aliphatic rings. The smallest absolute Gasteiger partial charge is 0.143 e. The van der Waals surface area contributed by atoms with E-state index >= 15 is 0 Å². The second-order valence-corrected chi connectivity index (χ2v) is 5.04. The second-order valence-electron chi connectivity index (χ2n) is 5.04. The highest BCUT2D eigenvalue weighted by Crippen LogP contribution is 2.50. The Labute approximate surface area is 129 Å². The largest absolute Gasteiger partial charge is 0.376 e. The van der Waals surface area contributed by atoms with Crippen LogP contribution in [0.15, 0.2) is 73.1 Å². The Morgan fingerprint density at radius 2 is 1.33 bits per heavy atom. The zero-order valence-corrected chi connectivity index (χ0v) is 12.0. The van der Waals surface area contributed by atoms with Crippen LogP contribution >= 0.6 is 12.4 Å². The maximum Gasteiger partial charge on any atom is 0.143 e. The zero-order chi connectivity index (χ0) is 13.6. The van der Waals surface area contributed by atoms with Crippen LogP contribution in [0.25, 0.3) is 11.1 Å². The van der Waals surface area contributed by atoms with E-state index in [4.69, 9.17) is 0 Å². The SMILES string of the molecule is Cl.OC1(c2cccnc2)c2ccccc2-c2ccccc21. The first-order chi connectivity index (χ1) is 9.82. The molecular formula is C18H14ClNO. The van der Waals surface area contributed by atoms with Crippen molar-refractivity contribution in [3.05, 3.63) is 89.7 Å². The Morgan fingerprint density at radius 3 is 1.86 bits per heavy atom. The van der Waals surface area contributed by atoms with Gasteiger partial charge in [-0.05, 0) is 17.2 Å². The molecule has 1 heterocycles. The van der Waals surface area contributed by atoms with Crippen molar-refractivity contribution in [3.8, 4) is 11.1 Å². The molecule has 0 fully saturated rings. The summed E-state index contributed by atoms with van der Waals surface area (Å²) in [4.78, 5) is 4.16. The van der Waals surface area contributed by atoms with Gasteiger partial charge in [0.1, 0.15) is 5.60 Å². The highest BCUT2D eigenvalue weighted by Gasteiger charge is 2.42. The minimum absolute atomic E-state index is 0. The minimum Gasteiger partial charge on any atom is -0.376 e. The first-order valence-corrected chi connectivity index (χ1v) is 6.64. The lowest BCUT2D eigenvalue weighted by atomic mass is 9.85. The fourth-order valence-electron chi connectivity index (χ4n) is 3.10. The first kappa shape index (κ1) is 13.8. The van der Waals surface area contributed by atoms with Gasteiger partial charge in [0.2, 0.25) is 0 Å². The monoisotopic (exact) mass is 295 g/mol. The summed E-state index contributed by atoms with van der Waals surface area (Å²) < 4.78 is 0. The molecule has 2 aromatic carbocycles. The van der Waals surface area contributed by atoms with E-state index in [0.29, 0.717) is 0 Å². The number of aromatic nitrogens is 1. The molecule has 0 spiro atoms. The Hall–Kier alpha value is -2.16. The first-order valence-electron chi connectivity index (χ1n) is 6.64. The molecule has 1 aromatic heterocycles. The van der Waals surface area contributed by atoms with Gasteiger partial charge in [0.05, 0.1) is 0 Å². The summed E-state index contributed by atoms with van der Waals surface area (Å²) in [6, 6.07) is 19.8. The third kappa shape index (κ3) is 1.80. The topological polar surface area (TPSA) is 33.1 Å². The molecule has 0 unspecified atom stereocenters. The lowest BCUT2D eigenvalue weighted by Crippen LogP contribution is -2.26. The van der Waals surface area contributed by atoms with Crippen LogP contribution in [-0.2, 0) is 5.60 Å². The predicted octanol–water partition coefficient (Wildman–Crippen LogP) is 3.77. The Bertz CT molecular complexity index is 740. The van der Waals surface area contributed by atoms with E-state index in [0.717, 1.165) is 27.8 Å². The van der Waals surface area contributed by atoms with Crippen LogP contribution in [0.1, 0.15) is 16.7 Å². The van der Waals surface area contributed by atoms with Gasteiger partial charge in [0.25, 0.3) is 0 Å². The minimum atomic E-state index is -1.11. The number of halogens is 1. The molecule has 4 rings (SSSR count). The number of hydrogen-bond donors (Lipinski definition) is 1. The van der Waals surface area contributed by atoms with Crippen molar-refractivity contribution in [1.82, 2.24) is 4.98 Å². The van der Waals surface area contributed by atoms with E-state index in [1.165, 1.54) is 0 Å².